The molecule has 1 aromatic rings. The Balaban J connectivity index is 2.20. The van der Waals surface area contributed by atoms with Crippen molar-refractivity contribution >= 4 is 5.78 Å². The van der Waals surface area contributed by atoms with Crippen LogP contribution in [-0.4, -0.2) is 12.4 Å². The summed E-state index contributed by atoms with van der Waals surface area (Å²) < 4.78 is 5.14. The van der Waals surface area contributed by atoms with E-state index in [1.807, 2.05) is 30.3 Å². The van der Waals surface area contributed by atoms with Gasteiger partial charge in [0.05, 0.1) is 12.9 Å². The first-order chi connectivity index (χ1) is 6.88. The van der Waals surface area contributed by atoms with Gasteiger partial charge in [-0.15, -0.1) is 0 Å². The van der Waals surface area contributed by atoms with Gasteiger partial charge in [-0.3, -0.25) is 4.79 Å². The van der Waals surface area contributed by atoms with Crippen LogP contribution in [0, 0.1) is 0 Å². The maximum atomic E-state index is 11.9. The SMILES string of the molecule is O=C(C1=COCCC1)c1ccccc1. The van der Waals surface area contributed by atoms with Crippen LogP contribution in [0.2, 0.25) is 0 Å². The van der Waals surface area contributed by atoms with E-state index in [2.05, 4.69) is 0 Å². The first-order valence-corrected chi connectivity index (χ1v) is 4.78. The number of carbonyl (C=O) groups is 1. The Kier molecular flexibility index (Phi) is 2.63. The maximum Gasteiger partial charge on any atom is 0.192 e. The molecule has 0 atom stereocenters. The van der Waals surface area contributed by atoms with Gasteiger partial charge in [0, 0.05) is 11.1 Å². The molecule has 0 radical (unpaired) electrons. The number of ether oxygens (including phenoxy) is 1. The van der Waals surface area contributed by atoms with Gasteiger partial charge in [0.2, 0.25) is 0 Å². The van der Waals surface area contributed by atoms with Crippen LogP contribution in [0.5, 0.6) is 0 Å². The molecule has 1 aliphatic rings. The number of benzene rings is 1. The zero-order chi connectivity index (χ0) is 9.80. The predicted octanol–water partition coefficient (Wildman–Crippen LogP) is 2.56. The molecule has 14 heavy (non-hydrogen) atoms. The van der Waals surface area contributed by atoms with E-state index in [1.54, 1.807) is 6.26 Å². The fourth-order valence-corrected chi connectivity index (χ4v) is 1.51. The lowest BCUT2D eigenvalue weighted by molar-refractivity contribution is 0.101. The van der Waals surface area contributed by atoms with Crippen molar-refractivity contribution < 1.29 is 9.53 Å². The Morgan fingerprint density at radius 1 is 1.21 bits per heavy atom. The second-order valence-corrected chi connectivity index (χ2v) is 3.31. The molecule has 2 heteroatoms. The van der Waals surface area contributed by atoms with Crippen molar-refractivity contribution in [2.24, 2.45) is 0 Å². The van der Waals surface area contributed by atoms with Crippen LogP contribution in [-0.2, 0) is 4.74 Å². The molecular weight excluding hydrogens is 176 g/mol. The van der Waals surface area contributed by atoms with E-state index in [0.29, 0.717) is 0 Å². The second kappa shape index (κ2) is 4.09. The van der Waals surface area contributed by atoms with Crippen molar-refractivity contribution in [3.8, 4) is 0 Å². The highest BCUT2D eigenvalue weighted by molar-refractivity contribution is 6.08. The zero-order valence-corrected chi connectivity index (χ0v) is 7.90. The monoisotopic (exact) mass is 188 g/mol. The lowest BCUT2D eigenvalue weighted by Crippen LogP contribution is -2.09. The van der Waals surface area contributed by atoms with Crippen LogP contribution >= 0.6 is 0 Å². The molecule has 0 amide bonds. The average Bonchev–Trinajstić information content (AvgIpc) is 2.30. The summed E-state index contributed by atoms with van der Waals surface area (Å²) in [5.74, 6) is 0.0882. The van der Waals surface area contributed by atoms with E-state index in [1.165, 1.54) is 0 Å². The minimum absolute atomic E-state index is 0.0882. The fraction of sp³-hybridized carbons (Fsp3) is 0.250. The van der Waals surface area contributed by atoms with E-state index in [0.717, 1.165) is 30.6 Å². The second-order valence-electron chi connectivity index (χ2n) is 3.31. The normalized spacial score (nSPS) is 15.6. The molecular formula is C12H12O2. The van der Waals surface area contributed by atoms with Crippen molar-refractivity contribution in [1.82, 2.24) is 0 Å². The largest absolute Gasteiger partial charge is 0.501 e. The summed E-state index contributed by atoms with van der Waals surface area (Å²) in [7, 11) is 0. The molecule has 2 nitrogen and oxygen atoms in total. The fourth-order valence-electron chi connectivity index (χ4n) is 1.51. The Hall–Kier alpha value is -1.57. The minimum Gasteiger partial charge on any atom is -0.501 e. The first-order valence-electron chi connectivity index (χ1n) is 4.78. The summed E-state index contributed by atoms with van der Waals surface area (Å²) in [6, 6.07) is 9.31. The van der Waals surface area contributed by atoms with Gasteiger partial charge >= 0.3 is 0 Å². The van der Waals surface area contributed by atoms with Crippen molar-refractivity contribution in [3.63, 3.8) is 0 Å². The Labute approximate surface area is 83.2 Å². The summed E-state index contributed by atoms with van der Waals surface area (Å²) in [5.41, 5.74) is 1.52. The van der Waals surface area contributed by atoms with Crippen molar-refractivity contribution in [2.45, 2.75) is 12.8 Å². The third-order valence-electron chi connectivity index (χ3n) is 2.26. The molecule has 1 aromatic carbocycles. The van der Waals surface area contributed by atoms with Crippen molar-refractivity contribution in [1.29, 1.82) is 0 Å². The van der Waals surface area contributed by atoms with Gasteiger partial charge < -0.3 is 4.74 Å². The van der Waals surface area contributed by atoms with Crippen molar-refractivity contribution in [3.05, 3.63) is 47.7 Å². The third kappa shape index (κ3) is 1.84. The lowest BCUT2D eigenvalue weighted by atomic mass is 10.00. The molecule has 0 spiro atoms. The van der Waals surface area contributed by atoms with Gasteiger partial charge in [-0.1, -0.05) is 30.3 Å². The zero-order valence-electron chi connectivity index (χ0n) is 7.90. The summed E-state index contributed by atoms with van der Waals surface area (Å²) in [4.78, 5) is 11.9. The lowest BCUT2D eigenvalue weighted by Gasteiger charge is -2.12. The van der Waals surface area contributed by atoms with Gasteiger partial charge in [0.1, 0.15) is 0 Å². The standard InChI is InChI=1S/C12H12O2/c13-12(10-5-2-1-3-6-10)11-7-4-8-14-9-11/h1-3,5-6,9H,4,7-8H2. The highest BCUT2D eigenvalue weighted by Crippen LogP contribution is 2.16. The molecule has 0 aliphatic carbocycles. The van der Waals surface area contributed by atoms with E-state index in [-0.39, 0.29) is 5.78 Å². The smallest absolute Gasteiger partial charge is 0.192 e. The maximum absolute atomic E-state index is 11.9. The molecule has 2 rings (SSSR count). The van der Waals surface area contributed by atoms with Gasteiger partial charge in [-0.05, 0) is 12.8 Å². The number of ketones is 1. The van der Waals surface area contributed by atoms with Crippen LogP contribution in [0.4, 0.5) is 0 Å². The number of hydrogen-bond acceptors (Lipinski definition) is 2. The Morgan fingerprint density at radius 2 is 2.00 bits per heavy atom. The quantitative estimate of drug-likeness (QED) is 0.667. The molecule has 1 aliphatic heterocycles. The summed E-state index contributed by atoms with van der Waals surface area (Å²) >= 11 is 0. The van der Waals surface area contributed by atoms with Crippen LogP contribution in [0.25, 0.3) is 0 Å². The van der Waals surface area contributed by atoms with Crippen LogP contribution in [0.1, 0.15) is 23.2 Å². The third-order valence-corrected chi connectivity index (χ3v) is 2.26. The topological polar surface area (TPSA) is 26.3 Å². The Bertz CT molecular complexity index is 352. The molecule has 1 heterocycles. The van der Waals surface area contributed by atoms with Gasteiger partial charge in [0.15, 0.2) is 5.78 Å². The highest BCUT2D eigenvalue weighted by atomic mass is 16.5. The summed E-state index contributed by atoms with van der Waals surface area (Å²) in [5, 5.41) is 0. The van der Waals surface area contributed by atoms with Crippen LogP contribution < -0.4 is 0 Å². The minimum atomic E-state index is 0.0882. The molecule has 0 bridgehead atoms. The van der Waals surface area contributed by atoms with E-state index in [4.69, 9.17) is 4.74 Å². The number of Topliss-reactive ketones (excluding diaryl/α,β-unsaturated/α-hetero) is 1. The van der Waals surface area contributed by atoms with E-state index in [9.17, 15) is 4.79 Å². The molecule has 0 fully saturated rings. The van der Waals surface area contributed by atoms with Gasteiger partial charge in [0.25, 0.3) is 0 Å². The number of carbonyl (C=O) groups excluding carboxylic acids is 1. The molecule has 72 valence electrons. The van der Waals surface area contributed by atoms with Crippen LogP contribution in [0.15, 0.2) is 42.2 Å². The summed E-state index contributed by atoms with van der Waals surface area (Å²) in [6.45, 7) is 0.728. The molecule has 0 saturated carbocycles. The summed E-state index contributed by atoms with van der Waals surface area (Å²) in [6.07, 6.45) is 3.36. The predicted molar refractivity (Wildman–Crippen MR) is 54.0 cm³/mol. The van der Waals surface area contributed by atoms with Gasteiger partial charge in [-0.25, -0.2) is 0 Å². The average molecular weight is 188 g/mol. The van der Waals surface area contributed by atoms with Gasteiger partial charge in [-0.2, -0.15) is 0 Å². The molecule has 0 saturated heterocycles. The highest BCUT2D eigenvalue weighted by Gasteiger charge is 2.14. The number of rotatable bonds is 2. The number of hydrogen-bond donors (Lipinski definition) is 0. The Morgan fingerprint density at radius 3 is 2.64 bits per heavy atom. The van der Waals surface area contributed by atoms with E-state index < -0.39 is 0 Å². The van der Waals surface area contributed by atoms with Crippen molar-refractivity contribution in [2.75, 3.05) is 6.61 Å². The molecule has 0 aromatic heterocycles. The van der Waals surface area contributed by atoms with E-state index >= 15 is 0 Å². The number of allylic oxidation sites excluding steroid dienone is 1. The molecule has 0 unspecified atom stereocenters. The molecule has 0 N–H and O–H groups in total. The van der Waals surface area contributed by atoms with Crippen LogP contribution in [0.3, 0.4) is 0 Å². The first kappa shape index (κ1) is 9.00.